The number of carbonyl (C=O) groups excluding carboxylic acids is 1. The molecule has 3 atom stereocenters. The SMILES string of the molecule is Cc1cc(Cl)cc(C(=O)C2CCC(C)C(C)C2)c1. The molecule has 1 nitrogen and oxygen atoms in total. The Hall–Kier alpha value is -0.820. The number of Topliss-reactive ketones (excluding diaryl/α,β-unsaturated/α-hetero) is 1. The Morgan fingerprint density at radius 2 is 1.89 bits per heavy atom. The van der Waals surface area contributed by atoms with Crippen LogP contribution in [0.25, 0.3) is 0 Å². The minimum Gasteiger partial charge on any atom is -0.294 e. The molecule has 1 aromatic carbocycles. The lowest BCUT2D eigenvalue weighted by molar-refractivity contribution is 0.0837. The van der Waals surface area contributed by atoms with Crippen molar-refractivity contribution < 1.29 is 4.79 Å². The molecular formula is C16H21ClO. The number of hydrogen-bond donors (Lipinski definition) is 0. The number of ketones is 1. The molecule has 1 aliphatic rings. The smallest absolute Gasteiger partial charge is 0.166 e. The zero-order valence-corrected chi connectivity index (χ0v) is 12.1. The molecule has 18 heavy (non-hydrogen) atoms. The molecule has 0 saturated heterocycles. The molecule has 0 aliphatic heterocycles. The first-order valence-corrected chi connectivity index (χ1v) is 7.16. The van der Waals surface area contributed by atoms with Crippen LogP contribution in [0, 0.1) is 24.7 Å². The summed E-state index contributed by atoms with van der Waals surface area (Å²) < 4.78 is 0. The third-order valence-corrected chi connectivity index (χ3v) is 4.51. The van der Waals surface area contributed by atoms with Gasteiger partial charge in [0, 0.05) is 16.5 Å². The van der Waals surface area contributed by atoms with E-state index in [1.165, 1.54) is 0 Å². The van der Waals surface area contributed by atoms with Crippen LogP contribution >= 0.6 is 11.6 Å². The Kier molecular flexibility index (Phi) is 4.11. The van der Waals surface area contributed by atoms with E-state index in [1.807, 2.05) is 19.1 Å². The predicted molar refractivity (Wildman–Crippen MR) is 76.2 cm³/mol. The molecule has 0 aromatic heterocycles. The Bertz CT molecular complexity index is 432. The van der Waals surface area contributed by atoms with Crippen molar-refractivity contribution in [1.29, 1.82) is 0 Å². The molecule has 0 heterocycles. The summed E-state index contributed by atoms with van der Waals surface area (Å²) in [6, 6.07) is 5.65. The third-order valence-electron chi connectivity index (χ3n) is 4.30. The second kappa shape index (κ2) is 5.44. The summed E-state index contributed by atoms with van der Waals surface area (Å²) >= 11 is 6.03. The fourth-order valence-corrected chi connectivity index (χ4v) is 3.19. The summed E-state index contributed by atoms with van der Waals surface area (Å²) in [5, 5.41) is 0.663. The van der Waals surface area contributed by atoms with Crippen LogP contribution < -0.4 is 0 Å². The van der Waals surface area contributed by atoms with E-state index in [0.717, 1.165) is 36.3 Å². The van der Waals surface area contributed by atoms with E-state index in [1.54, 1.807) is 6.07 Å². The molecular weight excluding hydrogens is 244 g/mol. The van der Waals surface area contributed by atoms with Crippen LogP contribution in [-0.4, -0.2) is 5.78 Å². The van der Waals surface area contributed by atoms with Crippen molar-refractivity contribution >= 4 is 17.4 Å². The molecule has 98 valence electrons. The predicted octanol–water partition coefficient (Wildman–Crippen LogP) is 4.90. The highest BCUT2D eigenvalue weighted by Gasteiger charge is 2.29. The summed E-state index contributed by atoms with van der Waals surface area (Å²) in [6.07, 6.45) is 3.21. The zero-order chi connectivity index (χ0) is 13.3. The van der Waals surface area contributed by atoms with E-state index in [2.05, 4.69) is 13.8 Å². The first kappa shape index (κ1) is 13.6. The standard InChI is InChI=1S/C16H21ClO/c1-10-6-14(9-15(17)7-10)16(18)13-5-4-11(2)12(3)8-13/h6-7,9,11-13H,4-5,8H2,1-3H3. The highest BCUT2D eigenvalue weighted by atomic mass is 35.5. The van der Waals surface area contributed by atoms with Crippen LogP contribution in [0.1, 0.15) is 49.0 Å². The van der Waals surface area contributed by atoms with E-state index in [4.69, 9.17) is 11.6 Å². The Morgan fingerprint density at radius 3 is 2.50 bits per heavy atom. The van der Waals surface area contributed by atoms with Crippen LogP contribution in [0.15, 0.2) is 18.2 Å². The second-order valence-electron chi connectivity index (χ2n) is 5.85. The lowest BCUT2D eigenvalue weighted by atomic mass is 9.73. The normalized spacial score (nSPS) is 28.1. The first-order valence-electron chi connectivity index (χ1n) is 6.78. The van der Waals surface area contributed by atoms with Crippen LogP contribution in [-0.2, 0) is 0 Å². The molecule has 0 spiro atoms. The van der Waals surface area contributed by atoms with Crippen molar-refractivity contribution in [2.75, 3.05) is 0 Å². The topological polar surface area (TPSA) is 17.1 Å². The third kappa shape index (κ3) is 2.95. The Labute approximate surface area is 115 Å². The summed E-state index contributed by atoms with van der Waals surface area (Å²) in [6.45, 7) is 6.52. The number of carbonyl (C=O) groups is 1. The lowest BCUT2D eigenvalue weighted by Gasteiger charge is -2.31. The van der Waals surface area contributed by atoms with Gasteiger partial charge >= 0.3 is 0 Å². The summed E-state index contributed by atoms with van der Waals surface area (Å²) in [5.41, 5.74) is 1.84. The number of aryl methyl sites for hydroxylation is 1. The summed E-state index contributed by atoms with van der Waals surface area (Å²) in [4.78, 5) is 12.5. The fraction of sp³-hybridized carbons (Fsp3) is 0.562. The molecule has 0 N–H and O–H groups in total. The number of benzene rings is 1. The summed E-state index contributed by atoms with van der Waals surface area (Å²) in [5.74, 6) is 1.86. The second-order valence-corrected chi connectivity index (χ2v) is 6.28. The van der Waals surface area contributed by atoms with Gasteiger partial charge in [-0.05, 0) is 61.8 Å². The van der Waals surface area contributed by atoms with E-state index < -0.39 is 0 Å². The minimum absolute atomic E-state index is 0.189. The van der Waals surface area contributed by atoms with Crippen molar-refractivity contribution in [3.63, 3.8) is 0 Å². The van der Waals surface area contributed by atoms with Gasteiger partial charge in [-0.25, -0.2) is 0 Å². The van der Waals surface area contributed by atoms with Crippen LogP contribution in [0.4, 0.5) is 0 Å². The molecule has 3 unspecified atom stereocenters. The summed E-state index contributed by atoms with van der Waals surface area (Å²) in [7, 11) is 0. The largest absolute Gasteiger partial charge is 0.294 e. The highest BCUT2D eigenvalue weighted by Crippen LogP contribution is 2.35. The maximum Gasteiger partial charge on any atom is 0.166 e. The van der Waals surface area contributed by atoms with Crippen LogP contribution in [0.2, 0.25) is 5.02 Å². The van der Waals surface area contributed by atoms with E-state index >= 15 is 0 Å². The molecule has 0 amide bonds. The molecule has 1 aliphatic carbocycles. The zero-order valence-electron chi connectivity index (χ0n) is 11.4. The van der Waals surface area contributed by atoms with Crippen molar-refractivity contribution in [3.8, 4) is 0 Å². The molecule has 0 radical (unpaired) electrons. The maximum atomic E-state index is 12.5. The van der Waals surface area contributed by atoms with Gasteiger partial charge in [-0.2, -0.15) is 0 Å². The van der Waals surface area contributed by atoms with Crippen molar-refractivity contribution in [2.24, 2.45) is 17.8 Å². The van der Waals surface area contributed by atoms with Gasteiger partial charge in [-0.1, -0.05) is 25.4 Å². The number of halogens is 1. The molecule has 1 fully saturated rings. The van der Waals surface area contributed by atoms with E-state index in [-0.39, 0.29) is 11.7 Å². The van der Waals surface area contributed by atoms with E-state index in [9.17, 15) is 4.79 Å². The Morgan fingerprint density at radius 1 is 1.17 bits per heavy atom. The average molecular weight is 265 g/mol. The Balaban J connectivity index is 2.16. The van der Waals surface area contributed by atoms with Gasteiger partial charge in [0.2, 0.25) is 0 Å². The van der Waals surface area contributed by atoms with Gasteiger partial charge < -0.3 is 0 Å². The van der Waals surface area contributed by atoms with Crippen molar-refractivity contribution in [1.82, 2.24) is 0 Å². The highest BCUT2D eigenvalue weighted by molar-refractivity contribution is 6.31. The molecule has 0 bridgehead atoms. The first-order chi connectivity index (χ1) is 8.47. The quantitative estimate of drug-likeness (QED) is 0.694. The van der Waals surface area contributed by atoms with Gasteiger partial charge in [0.25, 0.3) is 0 Å². The van der Waals surface area contributed by atoms with Crippen molar-refractivity contribution in [2.45, 2.75) is 40.0 Å². The number of hydrogen-bond acceptors (Lipinski definition) is 1. The molecule has 2 rings (SSSR count). The lowest BCUT2D eigenvalue weighted by Crippen LogP contribution is -2.26. The molecule has 2 heteroatoms. The van der Waals surface area contributed by atoms with Crippen LogP contribution in [0.5, 0.6) is 0 Å². The van der Waals surface area contributed by atoms with E-state index in [0.29, 0.717) is 10.9 Å². The van der Waals surface area contributed by atoms with Crippen molar-refractivity contribution in [3.05, 3.63) is 34.3 Å². The maximum absolute atomic E-state index is 12.5. The number of rotatable bonds is 2. The van der Waals surface area contributed by atoms with Crippen LogP contribution in [0.3, 0.4) is 0 Å². The van der Waals surface area contributed by atoms with Gasteiger partial charge in [0.15, 0.2) is 5.78 Å². The average Bonchev–Trinajstić information content (AvgIpc) is 2.30. The minimum atomic E-state index is 0.189. The molecule has 1 saturated carbocycles. The van der Waals surface area contributed by atoms with Gasteiger partial charge in [0.1, 0.15) is 0 Å². The monoisotopic (exact) mass is 264 g/mol. The van der Waals surface area contributed by atoms with Gasteiger partial charge in [0.05, 0.1) is 0 Å². The van der Waals surface area contributed by atoms with Gasteiger partial charge in [-0.15, -0.1) is 0 Å². The molecule has 1 aromatic rings. The fourth-order valence-electron chi connectivity index (χ4n) is 2.90. The van der Waals surface area contributed by atoms with Gasteiger partial charge in [-0.3, -0.25) is 4.79 Å².